The van der Waals surface area contributed by atoms with Gasteiger partial charge >= 0.3 is 0 Å². The van der Waals surface area contributed by atoms with E-state index in [1.54, 1.807) is 6.07 Å². The second-order valence-corrected chi connectivity index (χ2v) is 5.35. The van der Waals surface area contributed by atoms with Gasteiger partial charge in [0.25, 0.3) is 0 Å². The molecule has 3 rings (SSSR count). The van der Waals surface area contributed by atoms with E-state index >= 15 is 0 Å². The second-order valence-electron chi connectivity index (χ2n) is 4.95. The monoisotopic (exact) mass is 277 g/mol. The second kappa shape index (κ2) is 4.82. The van der Waals surface area contributed by atoms with Crippen molar-refractivity contribution in [2.75, 3.05) is 0 Å². The number of hydrogen-bond donors (Lipinski definition) is 0. The quantitative estimate of drug-likeness (QED) is 0.777. The minimum Gasteiger partial charge on any atom is -0.349 e. The van der Waals surface area contributed by atoms with Gasteiger partial charge in [-0.25, -0.2) is 4.39 Å². The molecule has 0 spiro atoms. The molecule has 2 aromatic rings. The first-order valence-electron chi connectivity index (χ1n) is 6.27. The van der Waals surface area contributed by atoms with Crippen LogP contribution in [0.2, 0.25) is 5.02 Å². The van der Waals surface area contributed by atoms with Gasteiger partial charge < -0.3 is 4.57 Å². The summed E-state index contributed by atoms with van der Waals surface area (Å²) in [7, 11) is 0. The maximum atomic E-state index is 13.0. The van der Waals surface area contributed by atoms with Gasteiger partial charge in [-0.3, -0.25) is 4.79 Å². The average molecular weight is 278 g/mol. The maximum absolute atomic E-state index is 13.0. The van der Waals surface area contributed by atoms with Crippen molar-refractivity contribution in [1.29, 1.82) is 0 Å². The van der Waals surface area contributed by atoms with Crippen molar-refractivity contribution in [2.45, 2.75) is 19.4 Å². The molecule has 0 unspecified atom stereocenters. The van der Waals surface area contributed by atoms with E-state index in [0.717, 1.165) is 24.0 Å². The molecule has 19 heavy (non-hydrogen) atoms. The number of carbonyl (C=O) groups is 1. The molecule has 2 nitrogen and oxygen atoms in total. The van der Waals surface area contributed by atoms with E-state index < -0.39 is 0 Å². The van der Waals surface area contributed by atoms with Crippen LogP contribution in [0.4, 0.5) is 4.39 Å². The minimum atomic E-state index is -0.342. The van der Waals surface area contributed by atoms with Gasteiger partial charge in [0.05, 0.1) is 0 Å². The van der Waals surface area contributed by atoms with Crippen LogP contribution in [-0.4, -0.2) is 10.4 Å². The number of rotatable bonds is 4. The zero-order valence-corrected chi connectivity index (χ0v) is 11.0. The first-order valence-corrected chi connectivity index (χ1v) is 6.65. The highest BCUT2D eigenvalue weighted by molar-refractivity contribution is 6.31. The van der Waals surface area contributed by atoms with E-state index in [0.29, 0.717) is 11.6 Å². The van der Waals surface area contributed by atoms with Crippen LogP contribution in [0.5, 0.6) is 0 Å². The van der Waals surface area contributed by atoms with Crippen molar-refractivity contribution < 1.29 is 9.18 Å². The summed E-state index contributed by atoms with van der Waals surface area (Å²) in [4.78, 5) is 11.9. The summed E-state index contributed by atoms with van der Waals surface area (Å²) in [6.07, 6.45) is 5.71. The molecule has 0 atom stereocenters. The molecule has 1 saturated carbocycles. The molecule has 0 N–H and O–H groups in total. The summed E-state index contributed by atoms with van der Waals surface area (Å²) in [5, 5.41) is 0.406. The largest absolute Gasteiger partial charge is 0.349 e. The molecule has 0 radical (unpaired) electrons. The molecule has 1 aromatic heterocycles. The van der Waals surface area contributed by atoms with E-state index in [2.05, 4.69) is 0 Å². The summed E-state index contributed by atoms with van der Waals surface area (Å²) in [5.74, 6) is 0.111. The fourth-order valence-corrected chi connectivity index (χ4v) is 2.34. The summed E-state index contributed by atoms with van der Waals surface area (Å²) in [6.45, 7) is 0.539. The number of hydrogen-bond acceptors (Lipinski definition) is 1. The van der Waals surface area contributed by atoms with Crippen molar-refractivity contribution >= 4 is 17.4 Å². The Morgan fingerprint density at radius 1 is 1.37 bits per heavy atom. The summed E-state index contributed by atoms with van der Waals surface area (Å²) in [5.41, 5.74) is 1.59. The summed E-state index contributed by atoms with van der Waals surface area (Å²) < 4.78 is 14.9. The molecule has 1 heterocycles. The Hall–Kier alpha value is -1.61. The third-order valence-corrected chi connectivity index (χ3v) is 3.70. The van der Waals surface area contributed by atoms with Crippen LogP contribution in [0.3, 0.4) is 0 Å². The third-order valence-electron chi connectivity index (χ3n) is 3.35. The predicted molar refractivity (Wildman–Crippen MR) is 72.0 cm³/mol. The van der Waals surface area contributed by atoms with Crippen molar-refractivity contribution in [3.8, 4) is 0 Å². The number of carbonyl (C=O) groups excluding carboxylic acids is 1. The number of aromatic nitrogens is 1. The molecule has 0 aliphatic heterocycles. The highest BCUT2D eigenvalue weighted by atomic mass is 35.5. The maximum Gasteiger partial charge on any atom is 0.167 e. The Kier molecular flexibility index (Phi) is 3.15. The SMILES string of the molecule is O=C(c1ccn(Cc2ccc(F)cc2Cl)c1)C1CC1. The smallest absolute Gasteiger partial charge is 0.167 e. The Labute approximate surface area is 115 Å². The third kappa shape index (κ3) is 2.71. The Balaban J connectivity index is 1.77. The average Bonchev–Trinajstić information content (AvgIpc) is 3.12. The molecule has 98 valence electrons. The highest BCUT2D eigenvalue weighted by Crippen LogP contribution is 2.32. The van der Waals surface area contributed by atoms with E-state index in [-0.39, 0.29) is 17.5 Å². The molecule has 1 aliphatic carbocycles. The molecule has 1 aliphatic rings. The lowest BCUT2D eigenvalue weighted by atomic mass is 10.1. The van der Waals surface area contributed by atoms with Crippen molar-refractivity contribution in [3.63, 3.8) is 0 Å². The highest BCUT2D eigenvalue weighted by Gasteiger charge is 2.30. The predicted octanol–water partition coefficient (Wildman–Crippen LogP) is 3.92. The van der Waals surface area contributed by atoms with Gasteiger partial charge in [-0.15, -0.1) is 0 Å². The van der Waals surface area contributed by atoms with Crippen LogP contribution < -0.4 is 0 Å². The van der Waals surface area contributed by atoms with Crippen LogP contribution in [0.15, 0.2) is 36.7 Å². The summed E-state index contributed by atoms with van der Waals surface area (Å²) in [6, 6.07) is 6.19. The lowest BCUT2D eigenvalue weighted by Gasteiger charge is -2.05. The number of halogens is 2. The number of Topliss-reactive ketones (excluding diaryl/α,β-unsaturated/α-hetero) is 1. The number of benzene rings is 1. The molecule has 1 aromatic carbocycles. The van der Waals surface area contributed by atoms with Crippen LogP contribution >= 0.6 is 11.6 Å². The van der Waals surface area contributed by atoms with E-state index in [1.807, 2.05) is 23.0 Å². The molecule has 0 bridgehead atoms. The van der Waals surface area contributed by atoms with Crippen molar-refractivity contribution in [3.05, 3.63) is 58.6 Å². The van der Waals surface area contributed by atoms with Crippen molar-refractivity contribution in [1.82, 2.24) is 4.57 Å². The molecule has 1 fully saturated rings. The Bertz CT molecular complexity index is 631. The molecule has 4 heteroatoms. The first-order chi connectivity index (χ1) is 9.13. The molecule has 0 amide bonds. The van der Waals surface area contributed by atoms with Gasteiger partial charge in [-0.1, -0.05) is 17.7 Å². The van der Waals surface area contributed by atoms with Gasteiger partial charge in [-0.05, 0) is 36.6 Å². The van der Waals surface area contributed by atoms with Crippen molar-refractivity contribution in [2.24, 2.45) is 5.92 Å². The van der Waals surface area contributed by atoms with Gasteiger partial charge in [-0.2, -0.15) is 0 Å². The normalized spacial score (nSPS) is 14.6. The van der Waals surface area contributed by atoms with Gasteiger partial charge in [0.2, 0.25) is 0 Å². The Morgan fingerprint density at radius 3 is 2.84 bits per heavy atom. The molecular weight excluding hydrogens is 265 g/mol. The van der Waals surface area contributed by atoms with Gasteiger partial charge in [0, 0.05) is 35.4 Å². The van der Waals surface area contributed by atoms with E-state index in [9.17, 15) is 9.18 Å². The van der Waals surface area contributed by atoms with Gasteiger partial charge in [0.1, 0.15) is 5.82 Å². The van der Waals surface area contributed by atoms with E-state index in [1.165, 1.54) is 12.1 Å². The fourth-order valence-electron chi connectivity index (χ4n) is 2.11. The standard InChI is InChI=1S/C15H13ClFNO/c16-14-7-13(17)4-3-11(14)8-18-6-5-12(9-18)15(19)10-1-2-10/h3-7,9-10H,1-2,8H2. The summed E-state index contributed by atoms with van der Waals surface area (Å²) >= 11 is 5.99. The lowest BCUT2D eigenvalue weighted by molar-refractivity contribution is 0.0967. The lowest BCUT2D eigenvalue weighted by Crippen LogP contribution is -2.01. The molecular formula is C15H13ClFNO. The van der Waals surface area contributed by atoms with Crippen LogP contribution in [0, 0.1) is 11.7 Å². The molecule has 0 saturated heterocycles. The Morgan fingerprint density at radius 2 is 2.16 bits per heavy atom. The van der Waals surface area contributed by atoms with Gasteiger partial charge in [0.15, 0.2) is 5.78 Å². The van der Waals surface area contributed by atoms with E-state index in [4.69, 9.17) is 11.6 Å². The fraction of sp³-hybridized carbons (Fsp3) is 0.267. The zero-order chi connectivity index (χ0) is 13.4. The number of ketones is 1. The number of nitrogens with zero attached hydrogens (tertiary/aromatic N) is 1. The van der Waals surface area contributed by atoms with Crippen LogP contribution in [0.25, 0.3) is 0 Å². The topological polar surface area (TPSA) is 22.0 Å². The first kappa shape index (κ1) is 12.4. The zero-order valence-electron chi connectivity index (χ0n) is 10.3. The minimum absolute atomic E-state index is 0.226. The van der Waals surface area contributed by atoms with Crippen LogP contribution in [0.1, 0.15) is 28.8 Å². The van der Waals surface area contributed by atoms with Crippen LogP contribution in [-0.2, 0) is 6.54 Å².